The van der Waals surface area contributed by atoms with E-state index >= 15 is 0 Å². The first-order chi connectivity index (χ1) is 11.6. The summed E-state index contributed by atoms with van der Waals surface area (Å²) in [6.45, 7) is 5.92. The topological polar surface area (TPSA) is 56.8 Å². The van der Waals surface area contributed by atoms with Crippen molar-refractivity contribution in [2.45, 2.75) is 26.4 Å². The van der Waals surface area contributed by atoms with Crippen LogP contribution in [0.5, 0.6) is 11.5 Å². The number of carbonyl (C=O) groups excluding carboxylic acids is 1. The standard InChI is InChI=1S/C16H19Cl4NO4/c1-16(2,3)25-15(22)21-5-7-24-14-11(17)8-10(9-12(14)18)23-6-4-13(19)20/h4,8-9H,5-7H2,1-3H3,(H,21,22). The van der Waals surface area contributed by atoms with Gasteiger partial charge < -0.3 is 19.5 Å². The molecule has 0 saturated carbocycles. The second kappa shape index (κ2) is 10.2. The molecule has 0 bridgehead atoms. The average Bonchev–Trinajstić information content (AvgIpc) is 2.43. The lowest BCUT2D eigenvalue weighted by molar-refractivity contribution is 0.0520. The highest BCUT2D eigenvalue weighted by Crippen LogP contribution is 2.36. The van der Waals surface area contributed by atoms with Gasteiger partial charge >= 0.3 is 6.09 Å². The third-order valence-corrected chi connectivity index (χ3v) is 3.35. The molecule has 0 spiro atoms. The number of nitrogens with one attached hydrogen (secondary N) is 1. The summed E-state index contributed by atoms with van der Waals surface area (Å²) in [5.41, 5.74) is -0.559. The van der Waals surface area contributed by atoms with Gasteiger partial charge in [-0.05, 0) is 26.8 Å². The molecular formula is C16H19Cl4NO4. The molecule has 0 saturated heterocycles. The molecule has 140 valence electrons. The summed E-state index contributed by atoms with van der Waals surface area (Å²) in [5.74, 6) is 0.743. The average molecular weight is 431 g/mol. The summed E-state index contributed by atoms with van der Waals surface area (Å²) in [5, 5.41) is 3.13. The van der Waals surface area contributed by atoms with Gasteiger partial charge in [0.1, 0.15) is 29.1 Å². The number of benzene rings is 1. The molecule has 0 unspecified atom stereocenters. The van der Waals surface area contributed by atoms with Crippen LogP contribution in [0.15, 0.2) is 22.7 Å². The first kappa shape index (κ1) is 22.0. The highest BCUT2D eigenvalue weighted by Gasteiger charge is 2.16. The Hall–Kier alpha value is -1.01. The number of hydrogen-bond donors (Lipinski definition) is 1. The van der Waals surface area contributed by atoms with Crippen molar-refractivity contribution < 1.29 is 19.0 Å². The largest absolute Gasteiger partial charge is 0.489 e. The van der Waals surface area contributed by atoms with Crippen molar-refractivity contribution in [2.75, 3.05) is 19.8 Å². The minimum absolute atomic E-state index is 0.106. The predicted molar refractivity (Wildman–Crippen MR) is 101 cm³/mol. The van der Waals surface area contributed by atoms with E-state index in [4.69, 9.17) is 60.6 Å². The highest BCUT2D eigenvalue weighted by molar-refractivity contribution is 6.55. The van der Waals surface area contributed by atoms with Crippen molar-refractivity contribution in [3.8, 4) is 11.5 Å². The van der Waals surface area contributed by atoms with Crippen LogP contribution in [0.2, 0.25) is 10.0 Å². The Balaban J connectivity index is 2.51. The third kappa shape index (κ3) is 9.31. The summed E-state index contributed by atoms with van der Waals surface area (Å²) in [4.78, 5) is 11.5. The highest BCUT2D eigenvalue weighted by atomic mass is 35.5. The molecule has 1 N–H and O–H groups in total. The number of amides is 1. The van der Waals surface area contributed by atoms with E-state index in [0.717, 1.165) is 0 Å². The minimum Gasteiger partial charge on any atom is -0.489 e. The maximum absolute atomic E-state index is 11.5. The van der Waals surface area contributed by atoms with E-state index in [1.807, 2.05) is 0 Å². The zero-order valence-electron chi connectivity index (χ0n) is 14.0. The van der Waals surface area contributed by atoms with Crippen molar-refractivity contribution in [1.82, 2.24) is 5.32 Å². The lowest BCUT2D eigenvalue weighted by atomic mass is 10.2. The molecule has 0 radical (unpaired) electrons. The van der Waals surface area contributed by atoms with Crippen molar-refractivity contribution >= 4 is 52.5 Å². The van der Waals surface area contributed by atoms with E-state index in [-0.39, 0.29) is 34.3 Å². The smallest absolute Gasteiger partial charge is 0.407 e. The Bertz CT molecular complexity index is 602. The van der Waals surface area contributed by atoms with Crippen LogP contribution >= 0.6 is 46.4 Å². The molecule has 0 aliphatic heterocycles. The number of alkyl carbamates (subject to hydrolysis) is 1. The zero-order chi connectivity index (χ0) is 19.0. The molecular weight excluding hydrogens is 412 g/mol. The number of carbonyl (C=O) groups is 1. The van der Waals surface area contributed by atoms with E-state index in [1.54, 1.807) is 32.9 Å². The van der Waals surface area contributed by atoms with E-state index in [2.05, 4.69) is 5.32 Å². The lowest BCUT2D eigenvalue weighted by Crippen LogP contribution is -2.34. The van der Waals surface area contributed by atoms with Crippen LogP contribution in [0, 0.1) is 0 Å². The van der Waals surface area contributed by atoms with Crippen LogP contribution in [0.1, 0.15) is 20.8 Å². The quantitative estimate of drug-likeness (QED) is 0.572. The fourth-order valence-electron chi connectivity index (χ4n) is 1.58. The van der Waals surface area contributed by atoms with Gasteiger partial charge in [-0.25, -0.2) is 4.79 Å². The van der Waals surface area contributed by atoms with E-state index in [0.29, 0.717) is 11.5 Å². The molecule has 0 atom stereocenters. The first-order valence-corrected chi connectivity index (χ1v) is 8.82. The summed E-state index contributed by atoms with van der Waals surface area (Å²) in [7, 11) is 0. The van der Waals surface area contributed by atoms with Gasteiger partial charge in [-0.1, -0.05) is 46.4 Å². The Labute approximate surface area is 167 Å². The van der Waals surface area contributed by atoms with Gasteiger partial charge in [0.05, 0.1) is 16.6 Å². The summed E-state index contributed by atoms with van der Waals surface area (Å²) in [6, 6.07) is 3.11. The van der Waals surface area contributed by atoms with Crippen LogP contribution in [-0.4, -0.2) is 31.5 Å². The summed E-state index contributed by atoms with van der Waals surface area (Å²) in [6.07, 6.45) is 0.959. The number of rotatable bonds is 7. The molecule has 0 fully saturated rings. The molecule has 1 aromatic rings. The van der Waals surface area contributed by atoms with Gasteiger partial charge in [0.25, 0.3) is 0 Å². The van der Waals surface area contributed by atoms with Crippen LogP contribution in [0.25, 0.3) is 0 Å². The Morgan fingerprint density at radius 1 is 1.16 bits per heavy atom. The molecule has 5 nitrogen and oxygen atoms in total. The Kier molecular flexibility index (Phi) is 9.00. The molecule has 0 aliphatic rings. The number of halogens is 4. The molecule has 1 aromatic carbocycles. The maximum atomic E-state index is 11.5. The fraction of sp³-hybridized carbons (Fsp3) is 0.438. The molecule has 9 heteroatoms. The van der Waals surface area contributed by atoms with E-state index in [1.165, 1.54) is 6.08 Å². The SMILES string of the molecule is CC(C)(C)OC(=O)NCCOc1c(Cl)cc(OCC=C(Cl)Cl)cc1Cl. The van der Waals surface area contributed by atoms with Gasteiger partial charge in [0, 0.05) is 12.1 Å². The predicted octanol–water partition coefficient (Wildman–Crippen LogP) is 5.59. The molecule has 0 aromatic heterocycles. The minimum atomic E-state index is -0.559. The summed E-state index contributed by atoms with van der Waals surface area (Å²) >= 11 is 23.3. The van der Waals surface area contributed by atoms with Crippen LogP contribution in [0.3, 0.4) is 0 Å². The molecule has 0 heterocycles. The van der Waals surface area contributed by atoms with Crippen molar-refractivity contribution in [1.29, 1.82) is 0 Å². The van der Waals surface area contributed by atoms with Crippen molar-refractivity contribution in [2.24, 2.45) is 0 Å². The van der Waals surface area contributed by atoms with Crippen molar-refractivity contribution in [3.63, 3.8) is 0 Å². The normalized spacial score (nSPS) is 10.8. The van der Waals surface area contributed by atoms with Crippen LogP contribution < -0.4 is 14.8 Å². The van der Waals surface area contributed by atoms with Crippen LogP contribution in [-0.2, 0) is 4.74 Å². The monoisotopic (exact) mass is 429 g/mol. The fourth-order valence-corrected chi connectivity index (χ4v) is 2.28. The molecule has 0 aliphatic carbocycles. The van der Waals surface area contributed by atoms with Gasteiger partial charge in [-0.2, -0.15) is 0 Å². The molecule has 1 rings (SSSR count). The lowest BCUT2D eigenvalue weighted by Gasteiger charge is -2.19. The van der Waals surface area contributed by atoms with E-state index in [9.17, 15) is 4.79 Å². The maximum Gasteiger partial charge on any atom is 0.407 e. The zero-order valence-corrected chi connectivity index (χ0v) is 17.0. The van der Waals surface area contributed by atoms with Gasteiger partial charge in [-0.15, -0.1) is 0 Å². The second-order valence-corrected chi connectivity index (χ2v) is 7.62. The Morgan fingerprint density at radius 2 is 1.76 bits per heavy atom. The van der Waals surface area contributed by atoms with Gasteiger partial charge in [-0.3, -0.25) is 0 Å². The number of ether oxygens (including phenoxy) is 3. The third-order valence-electron chi connectivity index (χ3n) is 2.48. The van der Waals surface area contributed by atoms with Gasteiger partial charge in [0.2, 0.25) is 0 Å². The van der Waals surface area contributed by atoms with E-state index < -0.39 is 11.7 Å². The molecule has 25 heavy (non-hydrogen) atoms. The Morgan fingerprint density at radius 3 is 2.28 bits per heavy atom. The van der Waals surface area contributed by atoms with Crippen molar-refractivity contribution in [3.05, 3.63) is 32.7 Å². The summed E-state index contributed by atoms with van der Waals surface area (Å²) < 4.78 is 16.1. The molecule has 1 amide bonds. The van der Waals surface area contributed by atoms with Gasteiger partial charge in [0.15, 0.2) is 5.75 Å². The number of hydrogen-bond acceptors (Lipinski definition) is 4. The first-order valence-electron chi connectivity index (χ1n) is 7.31. The van der Waals surface area contributed by atoms with Crippen LogP contribution in [0.4, 0.5) is 4.79 Å². The second-order valence-electron chi connectivity index (χ2n) is 5.80.